The van der Waals surface area contributed by atoms with Crippen molar-refractivity contribution in [3.05, 3.63) is 35.2 Å². The van der Waals surface area contributed by atoms with Gasteiger partial charge in [0.25, 0.3) is 0 Å². The highest BCUT2D eigenvalue weighted by molar-refractivity contribution is 6.56. The molecule has 0 fully saturated rings. The van der Waals surface area contributed by atoms with Crippen LogP contribution < -0.4 is 4.74 Å². The maximum atomic E-state index is 5.74. The molecule has 0 amide bonds. The summed E-state index contributed by atoms with van der Waals surface area (Å²) in [6, 6.07) is 9.35. The molecule has 1 nitrogen and oxygen atoms in total. The van der Waals surface area contributed by atoms with Gasteiger partial charge in [-0.3, -0.25) is 0 Å². The number of para-hydroxylation sites is 1. The zero-order chi connectivity index (χ0) is 9.68. The molecule has 13 heavy (non-hydrogen) atoms. The van der Waals surface area contributed by atoms with Crippen molar-refractivity contribution in [1.29, 1.82) is 0 Å². The SMILES string of the molecule is Cl[C](Cl)C(Cl)COc1ccccc1. The van der Waals surface area contributed by atoms with Crippen molar-refractivity contribution in [2.75, 3.05) is 6.61 Å². The Hall–Kier alpha value is -0.110. The van der Waals surface area contributed by atoms with Crippen LogP contribution >= 0.6 is 34.8 Å². The van der Waals surface area contributed by atoms with Gasteiger partial charge < -0.3 is 4.74 Å². The molecular formula is C9H8Cl3O. The standard InChI is InChI=1S/C9H8Cl3O/c10-8(9(11)12)6-13-7-4-2-1-3-5-7/h1-5,8H,6H2. The molecule has 4 heteroatoms. The van der Waals surface area contributed by atoms with Gasteiger partial charge in [-0.1, -0.05) is 41.4 Å². The summed E-state index contributed by atoms with van der Waals surface area (Å²) < 4.78 is 5.31. The molecule has 0 saturated carbocycles. The van der Waals surface area contributed by atoms with Crippen molar-refractivity contribution < 1.29 is 4.74 Å². The summed E-state index contributed by atoms with van der Waals surface area (Å²) in [5, 5.41) is -0.469. The zero-order valence-electron chi connectivity index (χ0n) is 6.71. The fourth-order valence-corrected chi connectivity index (χ4v) is 0.938. The Balaban J connectivity index is 2.35. The summed E-state index contributed by atoms with van der Waals surface area (Å²) in [7, 11) is 0. The van der Waals surface area contributed by atoms with E-state index in [1.54, 1.807) is 0 Å². The molecule has 0 spiro atoms. The lowest BCUT2D eigenvalue weighted by molar-refractivity contribution is 0.324. The Kier molecular flexibility index (Phi) is 4.71. The summed E-state index contributed by atoms with van der Waals surface area (Å²) in [4.78, 5) is 0.123. The lowest BCUT2D eigenvalue weighted by Gasteiger charge is -2.10. The van der Waals surface area contributed by atoms with E-state index in [0.29, 0.717) is 0 Å². The molecule has 0 bridgehead atoms. The van der Waals surface area contributed by atoms with E-state index in [0.717, 1.165) is 5.75 Å². The highest BCUT2D eigenvalue weighted by Gasteiger charge is 2.15. The minimum Gasteiger partial charge on any atom is -0.492 e. The van der Waals surface area contributed by atoms with Crippen molar-refractivity contribution >= 4 is 34.8 Å². The predicted octanol–water partition coefficient (Wildman–Crippen LogP) is 3.64. The molecule has 0 saturated heterocycles. The van der Waals surface area contributed by atoms with Crippen LogP contribution in [0.5, 0.6) is 5.75 Å². The molecule has 1 unspecified atom stereocenters. The van der Waals surface area contributed by atoms with Gasteiger partial charge in [0.05, 0.1) is 0 Å². The van der Waals surface area contributed by atoms with Gasteiger partial charge in [0.15, 0.2) is 4.84 Å². The molecule has 1 atom stereocenters. The van der Waals surface area contributed by atoms with E-state index in [-0.39, 0.29) is 11.4 Å². The molecule has 0 aliphatic rings. The summed E-state index contributed by atoms with van der Waals surface area (Å²) in [6.45, 7) is 0.272. The summed E-state index contributed by atoms with van der Waals surface area (Å²) in [5.41, 5.74) is 0. The first kappa shape index (κ1) is 11.0. The highest BCUT2D eigenvalue weighted by atomic mass is 35.5. The molecule has 0 aliphatic carbocycles. The molecule has 1 radical (unpaired) electrons. The van der Waals surface area contributed by atoms with Crippen LogP contribution in [0.25, 0.3) is 0 Å². The van der Waals surface area contributed by atoms with Crippen molar-refractivity contribution in [3.63, 3.8) is 0 Å². The molecule has 0 N–H and O–H groups in total. The van der Waals surface area contributed by atoms with Gasteiger partial charge in [-0.25, -0.2) is 0 Å². The van der Waals surface area contributed by atoms with Crippen molar-refractivity contribution in [3.8, 4) is 5.75 Å². The number of rotatable bonds is 4. The lowest BCUT2D eigenvalue weighted by Crippen LogP contribution is -2.13. The Morgan fingerprint density at radius 3 is 2.38 bits per heavy atom. The third-order valence-electron chi connectivity index (χ3n) is 1.38. The second-order valence-electron chi connectivity index (χ2n) is 2.38. The van der Waals surface area contributed by atoms with E-state index in [4.69, 9.17) is 39.5 Å². The molecule has 71 valence electrons. The molecule has 1 aromatic carbocycles. The van der Waals surface area contributed by atoms with Crippen molar-refractivity contribution in [2.45, 2.75) is 5.38 Å². The minimum atomic E-state index is -0.469. The second kappa shape index (κ2) is 5.58. The first-order valence-corrected chi connectivity index (χ1v) is 4.89. The summed E-state index contributed by atoms with van der Waals surface area (Å²) >= 11 is 16.7. The van der Waals surface area contributed by atoms with Crippen LogP contribution in [0.2, 0.25) is 0 Å². The number of hydrogen-bond donors (Lipinski definition) is 0. The highest BCUT2D eigenvalue weighted by Crippen LogP contribution is 2.23. The summed E-state index contributed by atoms with van der Waals surface area (Å²) in [5.74, 6) is 0.753. The Labute approximate surface area is 92.5 Å². The average Bonchev–Trinajstić information content (AvgIpc) is 2.15. The number of halogens is 3. The van der Waals surface area contributed by atoms with Gasteiger partial charge >= 0.3 is 0 Å². The van der Waals surface area contributed by atoms with Gasteiger partial charge in [0, 0.05) is 0 Å². The van der Waals surface area contributed by atoms with Crippen LogP contribution in [0.1, 0.15) is 0 Å². The average molecular weight is 239 g/mol. The molecule has 0 aliphatic heterocycles. The van der Waals surface area contributed by atoms with E-state index in [1.807, 2.05) is 30.3 Å². The van der Waals surface area contributed by atoms with Gasteiger partial charge in [0.2, 0.25) is 0 Å². The predicted molar refractivity (Wildman–Crippen MR) is 56.5 cm³/mol. The normalized spacial score (nSPS) is 12.9. The van der Waals surface area contributed by atoms with E-state index in [1.165, 1.54) is 0 Å². The first-order valence-electron chi connectivity index (χ1n) is 3.70. The molecule has 0 aromatic heterocycles. The maximum Gasteiger partial charge on any atom is 0.172 e. The van der Waals surface area contributed by atoms with Gasteiger partial charge in [-0.2, -0.15) is 0 Å². The maximum absolute atomic E-state index is 5.74. The van der Waals surface area contributed by atoms with Crippen LogP contribution in [-0.4, -0.2) is 12.0 Å². The van der Waals surface area contributed by atoms with E-state index < -0.39 is 5.38 Å². The second-order valence-corrected chi connectivity index (χ2v) is 3.92. The summed E-state index contributed by atoms with van der Waals surface area (Å²) in [6.07, 6.45) is 0. The largest absolute Gasteiger partial charge is 0.492 e. The van der Waals surface area contributed by atoms with Crippen molar-refractivity contribution in [1.82, 2.24) is 0 Å². The van der Waals surface area contributed by atoms with E-state index in [2.05, 4.69) is 0 Å². The smallest absolute Gasteiger partial charge is 0.172 e. The Morgan fingerprint density at radius 1 is 1.23 bits per heavy atom. The van der Waals surface area contributed by atoms with Crippen LogP contribution in [0, 0.1) is 4.84 Å². The minimum absolute atomic E-state index is 0.123. The fourth-order valence-electron chi connectivity index (χ4n) is 0.749. The lowest BCUT2D eigenvalue weighted by atomic mass is 10.3. The molecular weight excluding hydrogens is 230 g/mol. The van der Waals surface area contributed by atoms with Crippen LogP contribution in [-0.2, 0) is 0 Å². The van der Waals surface area contributed by atoms with Gasteiger partial charge in [-0.15, -0.1) is 11.6 Å². The van der Waals surface area contributed by atoms with Crippen LogP contribution in [0.4, 0.5) is 0 Å². The number of benzene rings is 1. The quantitative estimate of drug-likeness (QED) is 0.728. The number of ether oxygens (including phenoxy) is 1. The molecule has 1 rings (SSSR count). The topological polar surface area (TPSA) is 9.23 Å². The monoisotopic (exact) mass is 237 g/mol. The van der Waals surface area contributed by atoms with E-state index in [9.17, 15) is 0 Å². The zero-order valence-corrected chi connectivity index (χ0v) is 8.98. The third kappa shape index (κ3) is 4.08. The van der Waals surface area contributed by atoms with Gasteiger partial charge in [-0.05, 0) is 12.1 Å². The first-order chi connectivity index (χ1) is 6.20. The van der Waals surface area contributed by atoms with E-state index >= 15 is 0 Å². The molecule has 1 aromatic rings. The molecule has 0 heterocycles. The Bertz CT molecular complexity index is 238. The number of hydrogen-bond acceptors (Lipinski definition) is 1. The third-order valence-corrected chi connectivity index (χ3v) is 2.47. The fraction of sp³-hybridized carbons (Fsp3) is 0.222. The van der Waals surface area contributed by atoms with Crippen LogP contribution in [0.3, 0.4) is 0 Å². The van der Waals surface area contributed by atoms with Gasteiger partial charge in [0.1, 0.15) is 17.7 Å². The van der Waals surface area contributed by atoms with Crippen LogP contribution in [0.15, 0.2) is 30.3 Å². The Morgan fingerprint density at radius 2 is 1.85 bits per heavy atom. The number of alkyl halides is 1. The van der Waals surface area contributed by atoms with Crippen molar-refractivity contribution in [2.24, 2.45) is 0 Å².